The molecule has 5 aromatic rings. The molecule has 1 amide bonds. The maximum absolute atomic E-state index is 13.8. The highest BCUT2D eigenvalue weighted by atomic mass is 35.5. The van der Waals surface area contributed by atoms with Gasteiger partial charge in [0.1, 0.15) is 5.58 Å². The van der Waals surface area contributed by atoms with Gasteiger partial charge < -0.3 is 14.3 Å². The van der Waals surface area contributed by atoms with E-state index in [1.54, 1.807) is 42.5 Å². The van der Waals surface area contributed by atoms with Crippen LogP contribution in [0.3, 0.4) is 0 Å². The van der Waals surface area contributed by atoms with Crippen molar-refractivity contribution in [2.24, 2.45) is 0 Å². The predicted octanol–water partition coefficient (Wildman–Crippen LogP) is 6.80. The summed E-state index contributed by atoms with van der Waals surface area (Å²) in [6, 6.07) is 21.3. The number of Topliss-reactive ketones (excluding diaryl/α,β-unsaturated/α-hetero) is 1. The molecule has 0 aliphatic carbocycles. The number of carbonyl (C=O) groups excluding carboxylic acids is 3. The number of esters is 1. The van der Waals surface area contributed by atoms with Crippen LogP contribution in [0.1, 0.15) is 38.1 Å². The standard InChI is InChI=1S/C30H20ClN3O6S2/c1-39-28(38)17-12-10-16(11-13-17)24-23(25(35)22-14-18-6-3-5-9-21(18)40-22)26(36)27(37)34(24)29-32-33-30(42-29)41-15-19-7-2-4-8-20(19)31/h2-14,24,36H,15H2,1H3. The number of fused-ring (bicyclic) bond motifs is 1. The van der Waals surface area contributed by atoms with Crippen LogP contribution in [0.25, 0.3) is 11.0 Å². The zero-order chi connectivity index (χ0) is 29.4. The van der Waals surface area contributed by atoms with Gasteiger partial charge in [-0.3, -0.25) is 14.5 Å². The van der Waals surface area contributed by atoms with Gasteiger partial charge in [-0.05, 0) is 41.5 Å². The highest BCUT2D eigenvalue weighted by Gasteiger charge is 2.46. The van der Waals surface area contributed by atoms with Gasteiger partial charge in [-0.1, -0.05) is 83.2 Å². The van der Waals surface area contributed by atoms with Crippen molar-refractivity contribution in [3.05, 3.63) is 118 Å². The SMILES string of the molecule is COC(=O)c1ccc(C2C(C(=O)c3cc4ccccc4o3)=C(O)C(=O)N2c2nnc(SCc3ccccc3Cl)s2)cc1. The first-order valence-electron chi connectivity index (χ1n) is 12.5. The number of ketones is 1. The third kappa shape index (κ3) is 5.06. The molecule has 0 fully saturated rings. The number of furan rings is 1. The van der Waals surface area contributed by atoms with Gasteiger partial charge in [0.05, 0.1) is 24.3 Å². The second-order valence-electron chi connectivity index (χ2n) is 9.16. The minimum absolute atomic E-state index is 0.0307. The number of anilines is 1. The lowest BCUT2D eigenvalue weighted by molar-refractivity contribution is -0.117. The molecule has 210 valence electrons. The Bertz CT molecular complexity index is 1850. The van der Waals surface area contributed by atoms with Crippen molar-refractivity contribution < 1.29 is 28.6 Å². The fourth-order valence-electron chi connectivity index (χ4n) is 4.61. The number of amides is 1. The third-order valence-corrected chi connectivity index (χ3v) is 9.13. The molecule has 3 aromatic carbocycles. The molecular weight excluding hydrogens is 598 g/mol. The van der Waals surface area contributed by atoms with E-state index in [0.717, 1.165) is 16.9 Å². The number of aliphatic hydroxyl groups is 1. The summed E-state index contributed by atoms with van der Waals surface area (Å²) >= 11 is 8.82. The van der Waals surface area contributed by atoms with Crippen LogP contribution in [-0.4, -0.2) is 40.1 Å². The molecule has 6 rings (SSSR count). The van der Waals surface area contributed by atoms with E-state index >= 15 is 0 Å². The summed E-state index contributed by atoms with van der Waals surface area (Å²) in [5.74, 6) is -2.23. The van der Waals surface area contributed by atoms with Gasteiger partial charge in [-0.25, -0.2) is 4.79 Å². The quantitative estimate of drug-likeness (QED) is 0.0866. The number of benzene rings is 3. The van der Waals surface area contributed by atoms with Crippen molar-refractivity contribution in [2.75, 3.05) is 12.0 Å². The van der Waals surface area contributed by atoms with E-state index < -0.39 is 29.5 Å². The molecule has 42 heavy (non-hydrogen) atoms. The van der Waals surface area contributed by atoms with Gasteiger partial charge in [0, 0.05) is 16.2 Å². The molecule has 0 bridgehead atoms. The number of nitrogens with zero attached hydrogens (tertiary/aromatic N) is 3. The number of halogens is 1. The molecule has 0 spiro atoms. The highest BCUT2D eigenvalue weighted by Crippen LogP contribution is 2.44. The van der Waals surface area contributed by atoms with Crippen LogP contribution < -0.4 is 4.90 Å². The Kier molecular flexibility index (Phi) is 7.55. The highest BCUT2D eigenvalue weighted by molar-refractivity contribution is 8.00. The molecule has 1 aliphatic heterocycles. The molecule has 9 nitrogen and oxygen atoms in total. The van der Waals surface area contributed by atoms with Gasteiger partial charge in [-0.15, -0.1) is 10.2 Å². The average molecular weight is 618 g/mol. The van der Waals surface area contributed by atoms with Crippen LogP contribution in [0.5, 0.6) is 0 Å². The van der Waals surface area contributed by atoms with E-state index in [1.807, 2.05) is 24.3 Å². The number of methoxy groups -OCH3 is 1. The lowest BCUT2D eigenvalue weighted by Gasteiger charge is -2.24. The number of hydrogen-bond acceptors (Lipinski definition) is 10. The Hall–Kier alpha value is -4.45. The summed E-state index contributed by atoms with van der Waals surface area (Å²) in [6.07, 6.45) is 0. The molecule has 3 heterocycles. The number of thioether (sulfide) groups is 1. The summed E-state index contributed by atoms with van der Waals surface area (Å²) in [6.45, 7) is 0. The van der Waals surface area contributed by atoms with E-state index in [9.17, 15) is 19.5 Å². The monoisotopic (exact) mass is 617 g/mol. The van der Waals surface area contributed by atoms with Crippen molar-refractivity contribution in [2.45, 2.75) is 16.1 Å². The lowest BCUT2D eigenvalue weighted by Crippen LogP contribution is -2.31. The van der Waals surface area contributed by atoms with Crippen molar-refractivity contribution >= 4 is 68.5 Å². The van der Waals surface area contributed by atoms with Crippen LogP contribution in [0, 0.1) is 0 Å². The smallest absolute Gasteiger partial charge is 0.337 e. The minimum atomic E-state index is -1.07. The molecule has 0 saturated heterocycles. The molecular formula is C30H20ClN3O6S2. The maximum atomic E-state index is 13.8. The normalized spacial score (nSPS) is 15.0. The van der Waals surface area contributed by atoms with Gasteiger partial charge in [0.15, 0.2) is 15.9 Å². The molecule has 0 radical (unpaired) electrons. The van der Waals surface area contributed by atoms with Crippen LogP contribution in [0.15, 0.2) is 99.0 Å². The number of hydrogen-bond donors (Lipinski definition) is 1. The summed E-state index contributed by atoms with van der Waals surface area (Å²) in [4.78, 5) is 40.6. The molecule has 2 aromatic heterocycles. The topological polar surface area (TPSA) is 123 Å². The fourth-order valence-corrected chi connectivity index (χ4v) is 6.76. The summed E-state index contributed by atoms with van der Waals surface area (Å²) in [5, 5.41) is 21.1. The van der Waals surface area contributed by atoms with E-state index in [2.05, 4.69) is 10.2 Å². The minimum Gasteiger partial charge on any atom is -0.503 e. The van der Waals surface area contributed by atoms with Crippen molar-refractivity contribution in [3.63, 3.8) is 0 Å². The Morgan fingerprint density at radius 2 is 1.81 bits per heavy atom. The Balaban J connectivity index is 1.38. The second kappa shape index (κ2) is 11.4. The summed E-state index contributed by atoms with van der Waals surface area (Å²) in [7, 11) is 1.27. The second-order valence-corrected chi connectivity index (χ2v) is 11.7. The Morgan fingerprint density at radius 1 is 1.07 bits per heavy atom. The van der Waals surface area contributed by atoms with Gasteiger partial charge in [-0.2, -0.15) is 0 Å². The first kappa shape index (κ1) is 27.7. The first-order chi connectivity index (χ1) is 20.4. The molecule has 1 unspecified atom stereocenters. The number of aliphatic hydroxyl groups excluding tert-OH is 1. The van der Waals surface area contributed by atoms with E-state index in [1.165, 1.54) is 35.9 Å². The average Bonchev–Trinajstić information content (AvgIpc) is 3.72. The molecule has 1 aliphatic rings. The third-order valence-electron chi connectivity index (χ3n) is 6.66. The molecule has 1 atom stereocenters. The van der Waals surface area contributed by atoms with Crippen LogP contribution >= 0.6 is 34.7 Å². The number of ether oxygens (including phenoxy) is 1. The number of carbonyl (C=O) groups is 3. The van der Waals surface area contributed by atoms with Gasteiger partial charge in [0.25, 0.3) is 5.91 Å². The molecule has 0 saturated carbocycles. The van der Waals surface area contributed by atoms with Crippen LogP contribution in [-0.2, 0) is 15.3 Å². The fraction of sp³-hybridized carbons (Fsp3) is 0.100. The Labute approximate surface area is 252 Å². The van der Waals surface area contributed by atoms with Crippen molar-refractivity contribution in [1.82, 2.24) is 10.2 Å². The zero-order valence-corrected chi connectivity index (χ0v) is 24.2. The van der Waals surface area contributed by atoms with Crippen molar-refractivity contribution in [3.8, 4) is 0 Å². The summed E-state index contributed by atoms with van der Waals surface area (Å²) in [5.41, 5.74) is 1.97. The lowest BCUT2D eigenvalue weighted by atomic mass is 9.94. The summed E-state index contributed by atoms with van der Waals surface area (Å²) < 4.78 is 11.1. The largest absolute Gasteiger partial charge is 0.503 e. The van der Waals surface area contributed by atoms with E-state index in [4.69, 9.17) is 20.8 Å². The molecule has 1 N–H and O–H groups in total. The van der Waals surface area contributed by atoms with Crippen LogP contribution in [0.2, 0.25) is 5.02 Å². The number of rotatable bonds is 8. The van der Waals surface area contributed by atoms with Gasteiger partial charge >= 0.3 is 5.97 Å². The molecule has 12 heteroatoms. The number of aromatic nitrogens is 2. The zero-order valence-electron chi connectivity index (χ0n) is 21.8. The maximum Gasteiger partial charge on any atom is 0.337 e. The number of para-hydroxylation sites is 1. The first-order valence-corrected chi connectivity index (χ1v) is 14.7. The van der Waals surface area contributed by atoms with E-state index in [0.29, 0.717) is 31.6 Å². The van der Waals surface area contributed by atoms with Crippen molar-refractivity contribution in [1.29, 1.82) is 0 Å². The Morgan fingerprint density at radius 3 is 2.55 bits per heavy atom. The predicted molar refractivity (Wildman–Crippen MR) is 159 cm³/mol. The van der Waals surface area contributed by atoms with E-state index in [-0.39, 0.29) is 22.0 Å². The van der Waals surface area contributed by atoms with Crippen LogP contribution in [0.4, 0.5) is 5.13 Å². The van der Waals surface area contributed by atoms with Gasteiger partial charge in [0.2, 0.25) is 10.9 Å².